The molecule has 82 valence electrons. The molecule has 4 nitrogen and oxygen atoms in total. The van der Waals surface area contributed by atoms with Crippen molar-refractivity contribution in [2.45, 2.75) is 6.54 Å². The summed E-state index contributed by atoms with van der Waals surface area (Å²) in [5.41, 5.74) is 2.96. The van der Waals surface area contributed by atoms with Crippen LogP contribution >= 0.6 is 0 Å². The lowest BCUT2D eigenvalue weighted by Gasteiger charge is -2.06. The van der Waals surface area contributed by atoms with Gasteiger partial charge >= 0.3 is 0 Å². The minimum Gasteiger partial charge on any atom is -0.476 e. The lowest BCUT2D eigenvalue weighted by Crippen LogP contribution is -2.16. The second kappa shape index (κ2) is 3.98. The van der Waals surface area contributed by atoms with Crippen molar-refractivity contribution in [3.05, 3.63) is 36.3 Å². The van der Waals surface area contributed by atoms with Crippen LogP contribution in [0.2, 0.25) is 0 Å². The van der Waals surface area contributed by atoms with Gasteiger partial charge in [-0.05, 0) is 12.1 Å². The maximum Gasteiger partial charge on any atom is 0.218 e. The molecule has 0 unspecified atom stereocenters. The lowest BCUT2D eigenvalue weighted by atomic mass is 10.2. The van der Waals surface area contributed by atoms with Crippen LogP contribution in [0.5, 0.6) is 5.88 Å². The van der Waals surface area contributed by atoms with Crippen molar-refractivity contribution in [3.63, 3.8) is 0 Å². The van der Waals surface area contributed by atoms with Crippen molar-refractivity contribution in [2.24, 2.45) is 0 Å². The number of furan rings is 1. The first-order chi connectivity index (χ1) is 7.93. The Balaban J connectivity index is 2.01. The molecule has 0 aromatic carbocycles. The van der Waals surface area contributed by atoms with Gasteiger partial charge in [0, 0.05) is 24.2 Å². The van der Waals surface area contributed by atoms with E-state index in [0.29, 0.717) is 6.61 Å². The summed E-state index contributed by atoms with van der Waals surface area (Å²) in [7, 11) is 0. The van der Waals surface area contributed by atoms with E-state index in [1.807, 2.05) is 18.2 Å². The molecule has 0 fully saturated rings. The zero-order valence-electron chi connectivity index (χ0n) is 8.77. The molecular weight excluding hydrogens is 204 g/mol. The minimum atomic E-state index is 0.662. The molecule has 3 heterocycles. The van der Waals surface area contributed by atoms with Gasteiger partial charge in [-0.1, -0.05) is 6.07 Å². The first-order valence-corrected chi connectivity index (χ1v) is 5.29. The average Bonchev–Trinajstić information content (AvgIpc) is 2.74. The molecule has 1 N–H and O–H groups in total. The fraction of sp³-hybridized carbons (Fsp3) is 0.250. The first kappa shape index (κ1) is 9.42. The Morgan fingerprint density at radius 2 is 2.25 bits per heavy atom. The van der Waals surface area contributed by atoms with Gasteiger partial charge in [-0.3, -0.25) is 0 Å². The summed E-state index contributed by atoms with van der Waals surface area (Å²) < 4.78 is 10.6. The van der Waals surface area contributed by atoms with Crippen LogP contribution in [0.1, 0.15) is 5.56 Å². The van der Waals surface area contributed by atoms with Gasteiger partial charge in [0.2, 0.25) is 5.88 Å². The number of ether oxygens (including phenoxy) is 1. The quantitative estimate of drug-likeness (QED) is 0.790. The molecule has 3 rings (SSSR count). The second-order valence-electron chi connectivity index (χ2n) is 3.70. The average molecular weight is 216 g/mol. The fourth-order valence-corrected chi connectivity index (χ4v) is 1.74. The molecule has 0 radical (unpaired) electrons. The van der Waals surface area contributed by atoms with E-state index in [-0.39, 0.29) is 0 Å². The van der Waals surface area contributed by atoms with Crippen LogP contribution in [-0.2, 0) is 6.54 Å². The van der Waals surface area contributed by atoms with Crippen LogP contribution in [0.4, 0.5) is 0 Å². The maximum absolute atomic E-state index is 5.58. The summed E-state index contributed by atoms with van der Waals surface area (Å²) in [5, 5.41) is 3.27. The highest BCUT2D eigenvalue weighted by Gasteiger charge is 2.11. The topological polar surface area (TPSA) is 47.3 Å². The van der Waals surface area contributed by atoms with Gasteiger partial charge in [-0.2, -0.15) is 0 Å². The predicted molar refractivity (Wildman–Crippen MR) is 59.1 cm³/mol. The standard InChI is InChI=1S/C12H12N2O2/c1-2-11(10-3-5-15-8-10)14-12-9(1)7-13-4-6-16-12/h1-3,5,8,13H,4,6-7H2. The number of rotatable bonds is 1. The van der Waals surface area contributed by atoms with Crippen molar-refractivity contribution < 1.29 is 9.15 Å². The number of nitrogens with zero attached hydrogens (tertiary/aromatic N) is 1. The first-order valence-electron chi connectivity index (χ1n) is 5.29. The number of pyridine rings is 1. The van der Waals surface area contributed by atoms with Crippen molar-refractivity contribution in [3.8, 4) is 17.1 Å². The highest BCUT2D eigenvalue weighted by molar-refractivity contribution is 5.58. The molecule has 16 heavy (non-hydrogen) atoms. The van der Waals surface area contributed by atoms with Gasteiger partial charge in [-0.25, -0.2) is 4.98 Å². The molecule has 0 saturated carbocycles. The van der Waals surface area contributed by atoms with Crippen molar-refractivity contribution in [1.82, 2.24) is 10.3 Å². The van der Waals surface area contributed by atoms with E-state index in [4.69, 9.17) is 9.15 Å². The summed E-state index contributed by atoms with van der Waals surface area (Å²) in [6.07, 6.45) is 3.33. The summed E-state index contributed by atoms with van der Waals surface area (Å²) >= 11 is 0. The zero-order valence-corrected chi connectivity index (χ0v) is 8.77. The Morgan fingerprint density at radius 1 is 1.25 bits per heavy atom. The molecule has 1 aliphatic heterocycles. The Hall–Kier alpha value is -1.81. The predicted octanol–water partition coefficient (Wildman–Crippen LogP) is 1.82. The number of fused-ring (bicyclic) bond motifs is 1. The largest absolute Gasteiger partial charge is 0.476 e. The van der Waals surface area contributed by atoms with Gasteiger partial charge in [0.15, 0.2) is 0 Å². The summed E-state index contributed by atoms with van der Waals surface area (Å²) in [6.45, 7) is 2.33. The Bertz CT molecular complexity index is 480. The molecule has 1 aliphatic rings. The van der Waals surface area contributed by atoms with Gasteiger partial charge in [-0.15, -0.1) is 0 Å². The van der Waals surface area contributed by atoms with Crippen LogP contribution in [0.25, 0.3) is 11.3 Å². The van der Waals surface area contributed by atoms with E-state index in [1.54, 1.807) is 12.5 Å². The van der Waals surface area contributed by atoms with E-state index < -0.39 is 0 Å². The van der Waals surface area contributed by atoms with Crippen molar-refractivity contribution in [1.29, 1.82) is 0 Å². The lowest BCUT2D eigenvalue weighted by molar-refractivity contribution is 0.314. The van der Waals surface area contributed by atoms with E-state index >= 15 is 0 Å². The van der Waals surface area contributed by atoms with E-state index in [9.17, 15) is 0 Å². The summed E-state index contributed by atoms with van der Waals surface area (Å²) in [5.74, 6) is 0.726. The molecule has 0 bridgehead atoms. The molecule has 0 spiro atoms. The minimum absolute atomic E-state index is 0.662. The maximum atomic E-state index is 5.58. The van der Waals surface area contributed by atoms with E-state index in [0.717, 1.165) is 35.8 Å². The molecular formula is C12H12N2O2. The van der Waals surface area contributed by atoms with Crippen LogP contribution < -0.4 is 10.1 Å². The summed E-state index contributed by atoms with van der Waals surface area (Å²) in [4.78, 5) is 4.49. The third-order valence-corrected chi connectivity index (χ3v) is 2.59. The van der Waals surface area contributed by atoms with E-state index in [2.05, 4.69) is 10.3 Å². The highest BCUT2D eigenvalue weighted by Crippen LogP contribution is 2.24. The van der Waals surface area contributed by atoms with Gasteiger partial charge in [0.25, 0.3) is 0 Å². The normalized spacial score (nSPS) is 15.0. The molecule has 2 aromatic rings. The Morgan fingerprint density at radius 3 is 3.12 bits per heavy atom. The third kappa shape index (κ3) is 1.67. The summed E-state index contributed by atoms with van der Waals surface area (Å²) in [6, 6.07) is 5.92. The fourth-order valence-electron chi connectivity index (χ4n) is 1.74. The third-order valence-electron chi connectivity index (χ3n) is 2.59. The molecule has 0 aliphatic carbocycles. The molecule has 4 heteroatoms. The number of hydrogen-bond donors (Lipinski definition) is 1. The van der Waals surface area contributed by atoms with Crippen LogP contribution in [0, 0.1) is 0 Å². The Kier molecular flexibility index (Phi) is 2.34. The molecule has 0 saturated heterocycles. The molecule has 2 aromatic heterocycles. The van der Waals surface area contributed by atoms with Crippen LogP contribution in [-0.4, -0.2) is 18.1 Å². The number of nitrogens with one attached hydrogen (secondary N) is 1. The smallest absolute Gasteiger partial charge is 0.218 e. The van der Waals surface area contributed by atoms with Crippen LogP contribution in [0.3, 0.4) is 0 Å². The molecule has 0 atom stereocenters. The van der Waals surface area contributed by atoms with Crippen LogP contribution in [0.15, 0.2) is 35.1 Å². The Labute approximate surface area is 93.3 Å². The number of hydrogen-bond acceptors (Lipinski definition) is 4. The van der Waals surface area contributed by atoms with Gasteiger partial charge in [0.05, 0.1) is 18.2 Å². The van der Waals surface area contributed by atoms with Gasteiger partial charge < -0.3 is 14.5 Å². The van der Waals surface area contributed by atoms with Crippen molar-refractivity contribution >= 4 is 0 Å². The second-order valence-corrected chi connectivity index (χ2v) is 3.70. The SMILES string of the molecule is c1cc(-c2ccc3c(n2)OCCNC3)co1. The van der Waals surface area contributed by atoms with E-state index in [1.165, 1.54) is 0 Å². The monoisotopic (exact) mass is 216 g/mol. The molecule has 0 amide bonds. The zero-order chi connectivity index (χ0) is 10.8. The highest BCUT2D eigenvalue weighted by atomic mass is 16.5. The van der Waals surface area contributed by atoms with Gasteiger partial charge in [0.1, 0.15) is 6.61 Å². The number of aromatic nitrogens is 1. The van der Waals surface area contributed by atoms with Crippen molar-refractivity contribution in [2.75, 3.05) is 13.2 Å².